The minimum atomic E-state index is 0.111. The van der Waals surface area contributed by atoms with E-state index in [1.165, 1.54) is 5.56 Å². The average Bonchev–Trinajstić information content (AvgIpc) is 2.69. The molecule has 0 spiro atoms. The fourth-order valence-electron chi connectivity index (χ4n) is 3.11. The van der Waals surface area contributed by atoms with Crippen molar-refractivity contribution in [2.24, 2.45) is 0 Å². The smallest absolute Gasteiger partial charge is 0.162 e. The number of benzene rings is 3. The SMILES string of the molecule is CC(C)(C)c1ccc(-c2nc(Nc3ccccc3Cl)c3ccccc3n2)cc1. The number of nitrogens with one attached hydrogen (secondary N) is 1. The molecule has 3 nitrogen and oxygen atoms in total. The van der Waals surface area contributed by atoms with Crippen LogP contribution in [-0.2, 0) is 5.41 Å². The molecule has 0 saturated carbocycles. The summed E-state index contributed by atoms with van der Waals surface area (Å²) in [5, 5.41) is 4.99. The quantitative estimate of drug-likeness (QED) is 0.411. The first-order valence-electron chi connectivity index (χ1n) is 9.31. The molecule has 1 heterocycles. The normalized spacial score (nSPS) is 11.6. The standard InChI is InChI=1S/C24H22ClN3/c1-24(2,3)17-14-12-16(13-15-17)22-26-20-10-6-4-8-18(20)23(28-22)27-21-11-7-5-9-19(21)25/h4-15H,1-3H3,(H,26,27,28). The van der Waals surface area contributed by atoms with Crippen molar-refractivity contribution in [3.63, 3.8) is 0 Å². The van der Waals surface area contributed by atoms with Crippen LogP contribution in [0.25, 0.3) is 22.3 Å². The molecule has 0 atom stereocenters. The van der Waals surface area contributed by atoms with Crippen LogP contribution in [0.3, 0.4) is 0 Å². The van der Waals surface area contributed by atoms with Gasteiger partial charge in [0.15, 0.2) is 5.82 Å². The summed E-state index contributed by atoms with van der Waals surface area (Å²) < 4.78 is 0. The van der Waals surface area contributed by atoms with Crippen LogP contribution in [-0.4, -0.2) is 9.97 Å². The van der Waals surface area contributed by atoms with Crippen LogP contribution in [0, 0.1) is 0 Å². The maximum Gasteiger partial charge on any atom is 0.162 e. The number of rotatable bonds is 3. The van der Waals surface area contributed by atoms with E-state index in [1.807, 2.05) is 48.5 Å². The lowest BCUT2D eigenvalue weighted by atomic mass is 9.87. The van der Waals surface area contributed by atoms with Gasteiger partial charge in [0, 0.05) is 10.9 Å². The van der Waals surface area contributed by atoms with Crippen LogP contribution in [0.1, 0.15) is 26.3 Å². The minimum absolute atomic E-state index is 0.111. The Balaban J connectivity index is 1.81. The zero-order valence-electron chi connectivity index (χ0n) is 16.2. The molecule has 0 aliphatic rings. The molecule has 0 aliphatic carbocycles. The molecule has 1 aromatic heterocycles. The van der Waals surface area contributed by atoms with Gasteiger partial charge in [-0.2, -0.15) is 0 Å². The van der Waals surface area contributed by atoms with Crippen LogP contribution < -0.4 is 5.32 Å². The highest BCUT2D eigenvalue weighted by molar-refractivity contribution is 6.33. The number of fused-ring (bicyclic) bond motifs is 1. The van der Waals surface area contributed by atoms with Gasteiger partial charge >= 0.3 is 0 Å². The van der Waals surface area contributed by atoms with Gasteiger partial charge in [-0.1, -0.05) is 80.9 Å². The number of hydrogen-bond acceptors (Lipinski definition) is 3. The van der Waals surface area contributed by atoms with Crippen molar-refractivity contribution >= 4 is 34.0 Å². The van der Waals surface area contributed by atoms with Crippen molar-refractivity contribution in [1.29, 1.82) is 0 Å². The highest BCUT2D eigenvalue weighted by Gasteiger charge is 2.15. The summed E-state index contributed by atoms with van der Waals surface area (Å²) in [6.07, 6.45) is 0. The molecule has 4 aromatic rings. The second kappa shape index (κ2) is 7.25. The number of halogens is 1. The Kier molecular flexibility index (Phi) is 4.78. The topological polar surface area (TPSA) is 37.8 Å². The van der Waals surface area contributed by atoms with Gasteiger partial charge in [-0.25, -0.2) is 9.97 Å². The fourth-order valence-corrected chi connectivity index (χ4v) is 3.29. The largest absolute Gasteiger partial charge is 0.338 e. The third-order valence-corrected chi connectivity index (χ3v) is 5.07. The van der Waals surface area contributed by atoms with Gasteiger partial charge in [-0.15, -0.1) is 0 Å². The highest BCUT2D eigenvalue weighted by Crippen LogP contribution is 2.31. The average molecular weight is 388 g/mol. The van der Waals surface area contributed by atoms with Crippen molar-refractivity contribution in [1.82, 2.24) is 9.97 Å². The third-order valence-electron chi connectivity index (χ3n) is 4.74. The van der Waals surface area contributed by atoms with Crippen molar-refractivity contribution in [3.05, 3.63) is 83.4 Å². The fraction of sp³-hybridized carbons (Fsp3) is 0.167. The molecule has 0 aliphatic heterocycles. The van der Waals surface area contributed by atoms with Crippen molar-refractivity contribution < 1.29 is 0 Å². The molecule has 4 heteroatoms. The van der Waals surface area contributed by atoms with Crippen LogP contribution >= 0.6 is 11.6 Å². The van der Waals surface area contributed by atoms with Gasteiger partial charge in [-0.05, 0) is 35.2 Å². The van der Waals surface area contributed by atoms with E-state index in [0.29, 0.717) is 10.8 Å². The second-order valence-corrected chi connectivity index (χ2v) is 8.25. The van der Waals surface area contributed by atoms with E-state index < -0.39 is 0 Å². The van der Waals surface area contributed by atoms with Crippen molar-refractivity contribution in [3.8, 4) is 11.4 Å². The Labute approximate surface area is 170 Å². The van der Waals surface area contributed by atoms with Crippen molar-refractivity contribution in [2.75, 3.05) is 5.32 Å². The van der Waals surface area contributed by atoms with Gasteiger partial charge in [0.05, 0.1) is 16.2 Å². The summed E-state index contributed by atoms with van der Waals surface area (Å²) in [6.45, 7) is 6.63. The molecule has 0 amide bonds. The van der Waals surface area contributed by atoms with E-state index in [0.717, 1.165) is 28.0 Å². The van der Waals surface area contributed by atoms with E-state index in [4.69, 9.17) is 21.6 Å². The first kappa shape index (κ1) is 18.5. The number of anilines is 2. The van der Waals surface area contributed by atoms with Crippen LogP contribution in [0.2, 0.25) is 5.02 Å². The molecule has 28 heavy (non-hydrogen) atoms. The molecule has 4 rings (SSSR count). The molecular weight excluding hydrogens is 366 g/mol. The summed E-state index contributed by atoms with van der Waals surface area (Å²) >= 11 is 6.34. The highest BCUT2D eigenvalue weighted by atomic mass is 35.5. The third kappa shape index (κ3) is 3.71. The van der Waals surface area contributed by atoms with Gasteiger partial charge in [0.2, 0.25) is 0 Å². The molecule has 0 radical (unpaired) electrons. The second-order valence-electron chi connectivity index (χ2n) is 7.85. The van der Waals surface area contributed by atoms with E-state index in [2.05, 4.69) is 50.4 Å². The van der Waals surface area contributed by atoms with Crippen LogP contribution in [0.5, 0.6) is 0 Å². The predicted octanol–water partition coefficient (Wildman–Crippen LogP) is 6.99. The summed E-state index contributed by atoms with van der Waals surface area (Å²) in [6, 6.07) is 24.1. The molecule has 0 bridgehead atoms. The van der Waals surface area contributed by atoms with E-state index in [-0.39, 0.29) is 5.41 Å². The summed E-state index contributed by atoms with van der Waals surface area (Å²) in [5.41, 5.74) is 4.09. The van der Waals surface area contributed by atoms with Gasteiger partial charge < -0.3 is 5.32 Å². The molecule has 0 fully saturated rings. The molecule has 140 valence electrons. The molecular formula is C24H22ClN3. The van der Waals surface area contributed by atoms with E-state index in [1.54, 1.807) is 0 Å². The maximum atomic E-state index is 6.34. The Morgan fingerprint density at radius 3 is 2.18 bits per heavy atom. The van der Waals surface area contributed by atoms with Crippen molar-refractivity contribution in [2.45, 2.75) is 26.2 Å². The minimum Gasteiger partial charge on any atom is -0.338 e. The Morgan fingerprint density at radius 2 is 1.46 bits per heavy atom. The monoisotopic (exact) mass is 387 g/mol. The van der Waals surface area contributed by atoms with E-state index >= 15 is 0 Å². The Hall–Kier alpha value is -2.91. The molecule has 0 unspecified atom stereocenters. The Morgan fingerprint density at radius 1 is 0.786 bits per heavy atom. The maximum absolute atomic E-state index is 6.34. The van der Waals surface area contributed by atoms with E-state index in [9.17, 15) is 0 Å². The Bertz CT molecular complexity index is 1130. The zero-order chi connectivity index (χ0) is 19.7. The van der Waals surface area contributed by atoms with Crippen LogP contribution in [0.15, 0.2) is 72.8 Å². The number of aromatic nitrogens is 2. The summed E-state index contributed by atoms with van der Waals surface area (Å²) in [5.74, 6) is 1.43. The molecule has 3 aromatic carbocycles. The molecule has 0 saturated heterocycles. The van der Waals surface area contributed by atoms with Crippen LogP contribution in [0.4, 0.5) is 11.5 Å². The lowest BCUT2D eigenvalue weighted by molar-refractivity contribution is 0.590. The van der Waals surface area contributed by atoms with Gasteiger partial charge in [-0.3, -0.25) is 0 Å². The summed E-state index contributed by atoms with van der Waals surface area (Å²) in [7, 11) is 0. The van der Waals surface area contributed by atoms with Gasteiger partial charge in [0.1, 0.15) is 5.82 Å². The zero-order valence-corrected chi connectivity index (χ0v) is 17.0. The lowest BCUT2D eigenvalue weighted by Crippen LogP contribution is -2.10. The lowest BCUT2D eigenvalue weighted by Gasteiger charge is -2.19. The summed E-state index contributed by atoms with van der Waals surface area (Å²) in [4.78, 5) is 9.60. The predicted molar refractivity (Wildman–Crippen MR) is 118 cm³/mol. The molecule has 1 N–H and O–H groups in total. The van der Waals surface area contributed by atoms with Gasteiger partial charge in [0.25, 0.3) is 0 Å². The number of para-hydroxylation sites is 2. The number of hydrogen-bond donors (Lipinski definition) is 1. The first-order valence-corrected chi connectivity index (χ1v) is 9.69. The number of nitrogens with zero attached hydrogens (tertiary/aromatic N) is 2. The first-order chi connectivity index (χ1) is 13.4.